The maximum absolute atomic E-state index is 4.43. The third kappa shape index (κ3) is 2.30. The molecule has 1 heterocycles. The van der Waals surface area contributed by atoms with Crippen LogP contribution in [0.4, 0.5) is 0 Å². The molecular formula is C12H11NS2. The molecule has 76 valence electrons. The van der Waals surface area contributed by atoms with Crippen LogP contribution in [0.25, 0.3) is 10.4 Å². The molecule has 1 aromatic carbocycles. The SMILES string of the molecule is CN=Cc1cc(-c2ccccc2)sc1S. The van der Waals surface area contributed by atoms with Gasteiger partial charge in [-0.3, -0.25) is 4.99 Å². The molecule has 0 aliphatic carbocycles. The van der Waals surface area contributed by atoms with Crippen LogP contribution in [-0.2, 0) is 0 Å². The summed E-state index contributed by atoms with van der Waals surface area (Å²) < 4.78 is 1.01. The molecule has 0 radical (unpaired) electrons. The molecule has 0 atom stereocenters. The van der Waals surface area contributed by atoms with Crippen LogP contribution in [0.3, 0.4) is 0 Å². The van der Waals surface area contributed by atoms with E-state index in [4.69, 9.17) is 0 Å². The normalized spacial score (nSPS) is 11.1. The highest BCUT2D eigenvalue weighted by Crippen LogP contribution is 2.32. The minimum absolute atomic E-state index is 1.01. The maximum atomic E-state index is 4.43. The number of thiophene rings is 1. The largest absolute Gasteiger partial charge is 0.296 e. The monoisotopic (exact) mass is 233 g/mol. The lowest BCUT2D eigenvalue weighted by Gasteiger charge is -1.93. The molecule has 0 N–H and O–H groups in total. The summed E-state index contributed by atoms with van der Waals surface area (Å²) in [6.45, 7) is 0. The fourth-order valence-corrected chi connectivity index (χ4v) is 2.67. The van der Waals surface area contributed by atoms with Crippen molar-refractivity contribution in [1.82, 2.24) is 0 Å². The van der Waals surface area contributed by atoms with E-state index in [1.165, 1.54) is 10.4 Å². The Morgan fingerprint density at radius 2 is 2.00 bits per heavy atom. The molecule has 2 aromatic rings. The highest BCUT2D eigenvalue weighted by Gasteiger charge is 2.05. The molecule has 0 aliphatic heterocycles. The molecule has 0 saturated heterocycles. The van der Waals surface area contributed by atoms with Gasteiger partial charge in [-0.1, -0.05) is 30.3 Å². The van der Waals surface area contributed by atoms with Crippen molar-refractivity contribution in [2.45, 2.75) is 4.21 Å². The Morgan fingerprint density at radius 1 is 1.27 bits per heavy atom. The molecule has 1 aromatic heterocycles. The molecule has 0 amide bonds. The minimum atomic E-state index is 1.01. The molecule has 0 aliphatic rings. The predicted octanol–water partition coefficient (Wildman–Crippen LogP) is 3.75. The van der Waals surface area contributed by atoms with Gasteiger partial charge in [0.2, 0.25) is 0 Å². The van der Waals surface area contributed by atoms with Gasteiger partial charge in [-0.15, -0.1) is 24.0 Å². The first kappa shape index (κ1) is 10.5. The molecule has 0 bridgehead atoms. The quantitative estimate of drug-likeness (QED) is 0.599. The predicted molar refractivity (Wildman–Crippen MR) is 70.5 cm³/mol. The fraction of sp³-hybridized carbons (Fsp3) is 0.0833. The Morgan fingerprint density at radius 3 is 2.67 bits per heavy atom. The molecule has 0 unspecified atom stereocenters. The van der Waals surface area contributed by atoms with Crippen molar-refractivity contribution in [1.29, 1.82) is 0 Å². The van der Waals surface area contributed by atoms with Crippen LogP contribution in [0.1, 0.15) is 5.56 Å². The van der Waals surface area contributed by atoms with E-state index < -0.39 is 0 Å². The van der Waals surface area contributed by atoms with Crippen molar-refractivity contribution >= 4 is 30.2 Å². The Balaban J connectivity index is 2.43. The number of hydrogen-bond acceptors (Lipinski definition) is 3. The van der Waals surface area contributed by atoms with Crippen LogP contribution in [0.15, 0.2) is 45.6 Å². The Labute approximate surface area is 98.9 Å². The van der Waals surface area contributed by atoms with Crippen LogP contribution in [0.5, 0.6) is 0 Å². The summed E-state index contributed by atoms with van der Waals surface area (Å²) in [5.74, 6) is 0. The summed E-state index contributed by atoms with van der Waals surface area (Å²) in [4.78, 5) is 5.24. The third-order valence-electron chi connectivity index (χ3n) is 2.07. The van der Waals surface area contributed by atoms with Crippen molar-refractivity contribution in [2.75, 3.05) is 7.05 Å². The van der Waals surface area contributed by atoms with Gasteiger partial charge in [0.15, 0.2) is 0 Å². The zero-order valence-electron chi connectivity index (χ0n) is 8.34. The van der Waals surface area contributed by atoms with Gasteiger partial charge in [-0.2, -0.15) is 0 Å². The standard InChI is InChI=1S/C12H11NS2/c1-13-8-10-7-11(15-12(10)14)9-5-3-2-4-6-9/h2-8,14H,1H3. The molecule has 0 spiro atoms. The molecule has 15 heavy (non-hydrogen) atoms. The number of aliphatic imine (C=N–C) groups is 1. The van der Waals surface area contributed by atoms with Crippen molar-refractivity contribution < 1.29 is 0 Å². The number of benzene rings is 1. The number of thiol groups is 1. The van der Waals surface area contributed by atoms with Gasteiger partial charge < -0.3 is 0 Å². The van der Waals surface area contributed by atoms with Gasteiger partial charge in [-0.05, 0) is 11.6 Å². The molecule has 1 nitrogen and oxygen atoms in total. The average Bonchev–Trinajstić information content (AvgIpc) is 2.63. The summed E-state index contributed by atoms with van der Waals surface area (Å²) in [5.41, 5.74) is 2.32. The van der Waals surface area contributed by atoms with Crippen LogP contribution in [0, 0.1) is 0 Å². The lowest BCUT2D eigenvalue weighted by atomic mass is 10.2. The Hall–Kier alpha value is -1.06. The second kappa shape index (κ2) is 4.64. The summed E-state index contributed by atoms with van der Waals surface area (Å²) in [7, 11) is 1.77. The van der Waals surface area contributed by atoms with E-state index in [-0.39, 0.29) is 0 Å². The zero-order chi connectivity index (χ0) is 10.7. The minimum Gasteiger partial charge on any atom is -0.296 e. The molecule has 3 heteroatoms. The number of nitrogens with zero attached hydrogens (tertiary/aromatic N) is 1. The smallest absolute Gasteiger partial charge is 0.0662 e. The van der Waals surface area contributed by atoms with Gasteiger partial charge in [-0.25, -0.2) is 0 Å². The van der Waals surface area contributed by atoms with E-state index in [9.17, 15) is 0 Å². The Bertz CT molecular complexity index is 472. The topological polar surface area (TPSA) is 12.4 Å². The van der Waals surface area contributed by atoms with E-state index in [2.05, 4.69) is 35.8 Å². The summed E-state index contributed by atoms with van der Waals surface area (Å²) in [6, 6.07) is 12.4. The highest BCUT2D eigenvalue weighted by atomic mass is 32.2. The second-order valence-electron chi connectivity index (χ2n) is 3.12. The molecule has 0 fully saturated rings. The third-order valence-corrected chi connectivity index (χ3v) is 3.60. The first-order chi connectivity index (χ1) is 7.31. The number of hydrogen-bond donors (Lipinski definition) is 1. The summed E-state index contributed by atoms with van der Waals surface area (Å²) in [5, 5.41) is 0. The Kier molecular flexibility index (Phi) is 3.23. The van der Waals surface area contributed by atoms with E-state index in [0.717, 1.165) is 9.77 Å². The maximum Gasteiger partial charge on any atom is 0.0662 e. The number of rotatable bonds is 2. The van der Waals surface area contributed by atoms with Gasteiger partial charge in [0, 0.05) is 23.7 Å². The van der Waals surface area contributed by atoms with Gasteiger partial charge in [0.1, 0.15) is 0 Å². The fourth-order valence-electron chi connectivity index (χ4n) is 1.37. The van der Waals surface area contributed by atoms with Crippen molar-refractivity contribution in [3.05, 3.63) is 42.0 Å². The van der Waals surface area contributed by atoms with Crippen molar-refractivity contribution in [3.63, 3.8) is 0 Å². The summed E-state index contributed by atoms with van der Waals surface area (Å²) >= 11 is 6.11. The second-order valence-corrected chi connectivity index (χ2v) is 4.93. The molecule has 2 rings (SSSR count). The lowest BCUT2D eigenvalue weighted by Crippen LogP contribution is -1.75. The van der Waals surface area contributed by atoms with Crippen LogP contribution >= 0.6 is 24.0 Å². The van der Waals surface area contributed by atoms with E-state index in [0.29, 0.717) is 0 Å². The van der Waals surface area contributed by atoms with Crippen LogP contribution in [-0.4, -0.2) is 13.3 Å². The average molecular weight is 233 g/mol. The van der Waals surface area contributed by atoms with Crippen LogP contribution < -0.4 is 0 Å². The first-order valence-electron chi connectivity index (χ1n) is 4.61. The van der Waals surface area contributed by atoms with Crippen molar-refractivity contribution in [3.8, 4) is 10.4 Å². The van der Waals surface area contributed by atoms with Gasteiger partial charge in [0.25, 0.3) is 0 Å². The zero-order valence-corrected chi connectivity index (χ0v) is 10.1. The first-order valence-corrected chi connectivity index (χ1v) is 5.88. The van der Waals surface area contributed by atoms with E-state index >= 15 is 0 Å². The molecule has 0 saturated carbocycles. The van der Waals surface area contributed by atoms with Gasteiger partial charge in [0.05, 0.1) is 4.21 Å². The van der Waals surface area contributed by atoms with Crippen LogP contribution in [0.2, 0.25) is 0 Å². The van der Waals surface area contributed by atoms with Crippen molar-refractivity contribution in [2.24, 2.45) is 4.99 Å². The van der Waals surface area contributed by atoms with E-state index in [1.54, 1.807) is 18.4 Å². The van der Waals surface area contributed by atoms with Gasteiger partial charge >= 0.3 is 0 Å². The van der Waals surface area contributed by atoms with E-state index in [1.807, 2.05) is 24.4 Å². The molecular weight excluding hydrogens is 222 g/mol. The summed E-state index contributed by atoms with van der Waals surface area (Å²) in [6.07, 6.45) is 1.84. The highest BCUT2D eigenvalue weighted by molar-refractivity contribution is 7.83. The lowest BCUT2D eigenvalue weighted by molar-refractivity contribution is 1.46.